The highest BCUT2D eigenvalue weighted by atomic mass is 35.5. The number of fused-ring (bicyclic) bond motifs is 1. The Morgan fingerprint density at radius 2 is 2.16 bits per heavy atom. The molecule has 1 aliphatic rings. The topological polar surface area (TPSA) is 21.3 Å². The van der Waals surface area contributed by atoms with E-state index < -0.39 is 0 Å². The molecule has 1 heterocycles. The maximum Gasteiger partial charge on any atom is 0.127 e. The van der Waals surface area contributed by atoms with Crippen LogP contribution in [0.5, 0.6) is 5.75 Å². The first-order chi connectivity index (χ1) is 9.16. The lowest BCUT2D eigenvalue weighted by Gasteiger charge is -2.10. The predicted molar refractivity (Wildman–Crippen MR) is 81.0 cm³/mol. The van der Waals surface area contributed by atoms with Gasteiger partial charge in [-0.2, -0.15) is 0 Å². The van der Waals surface area contributed by atoms with Crippen molar-refractivity contribution in [1.82, 2.24) is 5.32 Å². The molecule has 0 saturated carbocycles. The van der Waals surface area contributed by atoms with Gasteiger partial charge in [0.25, 0.3) is 0 Å². The van der Waals surface area contributed by atoms with Crippen molar-refractivity contribution in [1.29, 1.82) is 0 Å². The van der Waals surface area contributed by atoms with Crippen molar-refractivity contribution in [2.24, 2.45) is 5.92 Å². The van der Waals surface area contributed by atoms with Crippen LogP contribution in [0.2, 0.25) is 5.02 Å². The molecule has 1 aromatic carbocycles. The van der Waals surface area contributed by atoms with Gasteiger partial charge in [-0.1, -0.05) is 38.3 Å². The molecule has 0 aliphatic carbocycles. The van der Waals surface area contributed by atoms with E-state index in [1.165, 1.54) is 30.4 Å². The summed E-state index contributed by atoms with van der Waals surface area (Å²) in [7, 11) is 0. The largest absolute Gasteiger partial charge is 0.493 e. The average molecular weight is 282 g/mol. The van der Waals surface area contributed by atoms with Gasteiger partial charge in [-0.15, -0.1) is 0 Å². The second kappa shape index (κ2) is 7.16. The van der Waals surface area contributed by atoms with E-state index in [0.29, 0.717) is 0 Å². The second-order valence-electron chi connectivity index (χ2n) is 5.72. The van der Waals surface area contributed by atoms with Crippen LogP contribution in [0, 0.1) is 5.92 Å². The van der Waals surface area contributed by atoms with Gasteiger partial charge in [0.1, 0.15) is 5.75 Å². The molecule has 0 saturated heterocycles. The predicted octanol–water partition coefficient (Wildman–Crippen LogP) is 4.19. The molecule has 106 valence electrons. The first kappa shape index (κ1) is 14.7. The molecule has 0 atom stereocenters. The normalized spacial score (nSPS) is 13.7. The number of rotatable bonds is 7. The van der Waals surface area contributed by atoms with Crippen LogP contribution in [-0.2, 0) is 13.0 Å². The lowest BCUT2D eigenvalue weighted by Crippen LogP contribution is -2.15. The summed E-state index contributed by atoms with van der Waals surface area (Å²) < 4.78 is 5.70. The van der Waals surface area contributed by atoms with Crippen LogP contribution < -0.4 is 10.1 Å². The van der Waals surface area contributed by atoms with E-state index in [9.17, 15) is 0 Å². The third kappa shape index (κ3) is 4.39. The molecule has 2 rings (SSSR count). The van der Waals surface area contributed by atoms with E-state index in [0.717, 1.165) is 42.8 Å². The molecule has 0 unspecified atom stereocenters. The standard InChI is InChI=1S/C16H24ClNO/c1-12(2)5-3-4-7-18-11-14-10-15(17)9-13-6-8-19-16(13)14/h9-10,12,18H,3-8,11H2,1-2H3. The van der Waals surface area contributed by atoms with E-state index in [2.05, 4.69) is 19.2 Å². The van der Waals surface area contributed by atoms with Crippen LogP contribution in [0.4, 0.5) is 0 Å². The minimum Gasteiger partial charge on any atom is -0.493 e. The summed E-state index contributed by atoms with van der Waals surface area (Å²) in [5.74, 6) is 1.86. The molecule has 2 nitrogen and oxygen atoms in total. The van der Waals surface area contributed by atoms with Gasteiger partial charge in [-0.25, -0.2) is 0 Å². The first-order valence-corrected chi connectivity index (χ1v) is 7.69. The van der Waals surface area contributed by atoms with Crippen molar-refractivity contribution in [3.05, 3.63) is 28.3 Å². The Bertz CT molecular complexity index is 417. The van der Waals surface area contributed by atoms with E-state index in [1.54, 1.807) is 0 Å². The van der Waals surface area contributed by atoms with Crippen molar-refractivity contribution in [2.45, 2.75) is 46.1 Å². The molecule has 0 aromatic heterocycles. The van der Waals surface area contributed by atoms with Gasteiger partial charge in [0.15, 0.2) is 0 Å². The van der Waals surface area contributed by atoms with Gasteiger partial charge in [0.05, 0.1) is 6.61 Å². The summed E-state index contributed by atoms with van der Waals surface area (Å²) in [6.45, 7) is 7.26. The number of unbranched alkanes of at least 4 members (excludes halogenated alkanes) is 1. The number of benzene rings is 1. The van der Waals surface area contributed by atoms with Gasteiger partial charge in [-0.3, -0.25) is 0 Å². The summed E-state index contributed by atoms with van der Waals surface area (Å²) >= 11 is 6.14. The lowest BCUT2D eigenvalue weighted by atomic mass is 10.1. The maximum absolute atomic E-state index is 6.14. The minimum absolute atomic E-state index is 0.789. The van der Waals surface area contributed by atoms with Gasteiger partial charge in [0, 0.05) is 23.6 Å². The third-order valence-corrected chi connectivity index (χ3v) is 3.74. The highest BCUT2D eigenvalue weighted by Crippen LogP contribution is 2.32. The molecule has 0 spiro atoms. The van der Waals surface area contributed by atoms with E-state index in [1.807, 2.05) is 12.1 Å². The monoisotopic (exact) mass is 281 g/mol. The van der Waals surface area contributed by atoms with Crippen molar-refractivity contribution < 1.29 is 4.74 Å². The smallest absolute Gasteiger partial charge is 0.127 e. The zero-order chi connectivity index (χ0) is 13.7. The lowest BCUT2D eigenvalue weighted by molar-refractivity contribution is 0.352. The maximum atomic E-state index is 6.14. The number of halogens is 1. The fraction of sp³-hybridized carbons (Fsp3) is 0.625. The molecule has 0 amide bonds. The van der Waals surface area contributed by atoms with Crippen molar-refractivity contribution in [3.63, 3.8) is 0 Å². The highest BCUT2D eigenvalue weighted by Gasteiger charge is 2.17. The Morgan fingerprint density at radius 1 is 1.32 bits per heavy atom. The number of hydrogen-bond donors (Lipinski definition) is 1. The SMILES string of the molecule is CC(C)CCCCNCc1cc(Cl)cc2c1OCC2. The molecule has 3 heteroatoms. The van der Waals surface area contributed by atoms with E-state index in [-0.39, 0.29) is 0 Å². The second-order valence-corrected chi connectivity index (χ2v) is 6.15. The van der Waals surface area contributed by atoms with Crippen molar-refractivity contribution >= 4 is 11.6 Å². The molecule has 0 bridgehead atoms. The number of hydrogen-bond acceptors (Lipinski definition) is 2. The first-order valence-electron chi connectivity index (χ1n) is 7.31. The molecule has 1 aliphatic heterocycles. The summed E-state index contributed by atoms with van der Waals surface area (Å²) in [5, 5.41) is 4.31. The number of nitrogens with one attached hydrogen (secondary N) is 1. The number of ether oxygens (including phenoxy) is 1. The summed E-state index contributed by atoms with van der Waals surface area (Å²) in [5.41, 5.74) is 2.45. The molecule has 19 heavy (non-hydrogen) atoms. The fourth-order valence-corrected chi connectivity index (χ4v) is 2.77. The van der Waals surface area contributed by atoms with Gasteiger partial charge >= 0.3 is 0 Å². The van der Waals surface area contributed by atoms with Crippen molar-refractivity contribution in [3.8, 4) is 5.75 Å². The summed E-state index contributed by atoms with van der Waals surface area (Å²) in [4.78, 5) is 0. The Morgan fingerprint density at radius 3 is 2.95 bits per heavy atom. The average Bonchev–Trinajstić information content (AvgIpc) is 2.80. The fourth-order valence-electron chi connectivity index (χ4n) is 2.50. The highest BCUT2D eigenvalue weighted by molar-refractivity contribution is 6.30. The quantitative estimate of drug-likeness (QED) is 0.757. The zero-order valence-electron chi connectivity index (χ0n) is 12.0. The third-order valence-electron chi connectivity index (χ3n) is 3.53. The van der Waals surface area contributed by atoms with Gasteiger partial charge < -0.3 is 10.1 Å². The summed E-state index contributed by atoms with van der Waals surface area (Å²) in [6.07, 6.45) is 4.84. The Hall–Kier alpha value is -0.730. The molecule has 1 N–H and O–H groups in total. The van der Waals surface area contributed by atoms with Gasteiger partial charge in [-0.05, 0) is 36.6 Å². The van der Waals surface area contributed by atoms with Crippen LogP contribution in [0.15, 0.2) is 12.1 Å². The van der Waals surface area contributed by atoms with Crippen molar-refractivity contribution in [2.75, 3.05) is 13.2 Å². The van der Waals surface area contributed by atoms with Crippen LogP contribution in [0.3, 0.4) is 0 Å². The Kier molecular flexibility index (Phi) is 5.53. The van der Waals surface area contributed by atoms with E-state index in [4.69, 9.17) is 16.3 Å². The molecular formula is C16H24ClNO. The van der Waals surface area contributed by atoms with Crippen LogP contribution in [0.25, 0.3) is 0 Å². The van der Waals surface area contributed by atoms with Crippen LogP contribution in [-0.4, -0.2) is 13.2 Å². The summed E-state index contributed by atoms with van der Waals surface area (Å²) in [6, 6.07) is 4.04. The molecule has 1 aromatic rings. The van der Waals surface area contributed by atoms with Crippen LogP contribution in [0.1, 0.15) is 44.2 Å². The molecule has 0 fully saturated rings. The van der Waals surface area contributed by atoms with E-state index >= 15 is 0 Å². The Labute approximate surface area is 121 Å². The molecular weight excluding hydrogens is 258 g/mol. The minimum atomic E-state index is 0.789. The van der Waals surface area contributed by atoms with Gasteiger partial charge in [0.2, 0.25) is 0 Å². The van der Waals surface area contributed by atoms with Crippen LogP contribution >= 0.6 is 11.6 Å². The Balaban J connectivity index is 1.77. The zero-order valence-corrected chi connectivity index (χ0v) is 12.7. The molecule has 0 radical (unpaired) electrons.